The van der Waals surface area contributed by atoms with Gasteiger partial charge in [-0.25, -0.2) is 9.59 Å². The molecule has 0 aromatic carbocycles. The zero-order valence-electron chi connectivity index (χ0n) is 9.68. The normalized spacial score (nSPS) is 20.7. The number of amides is 2. The average molecular weight is 256 g/mol. The monoisotopic (exact) mass is 256 g/mol. The lowest BCUT2D eigenvalue weighted by molar-refractivity contribution is -0.140. The Balaban J connectivity index is 2.57. The van der Waals surface area contributed by atoms with Crippen LogP contribution < -0.4 is 5.32 Å². The van der Waals surface area contributed by atoms with E-state index >= 15 is 0 Å². The van der Waals surface area contributed by atoms with Crippen LogP contribution in [0.5, 0.6) is 0 Å². The van der Waals surface area contributed by atoms with Crippen LogP contribution in [-0.2, 0) is 4.79 Å². The number of carbonyl (C=O) groups excluding carboxylic acids is 1. The van der Waals surface area contributed by atoms with Crippen molar-refractivity contribution in [2.75, 3.05) is 11.6 Å². The van der Waals surface area contributed by atoms with Gasteiger partial charge in [0, 0.05) is 5.75 Å². The number of hydrogen-bond acceptors (Lipinski definition) is 3. The Morgan fingerprint density at radius 3 is 2.94 bits per heavy atom. The molecule has 0 saturated carbocycles. The fraction of sp³-hybridized carbons (Fsp3) is 0.636. The van der Waals surface area contributed by atoms with Crippen LogP contribution in [0.25, 0.3) is 0 Å². The Bertz CT molecular complexity index is 340. The van der Waals surface area contributed by atoms with E-state index in [0.717, 1.165) is 6.42 Å². The highest BCUT2D eigenvalue weighted by molar-refractivity contribution is 7.99. The minimum absolute atomic E-state index is 0.326. The zero-order valence-corrected chi connectivity index (χ0v) is 10.5. The third kappa shape index (κ3) is 3.56. The molecule has 1 heterocycles. The van der Waals surface area contributed by atoms with Gasteiger partial charge in [-0.05, 0) is 6.42 Å². The van der Waals surface area contributed by atoms with Gasteiger partial charge in [-0.15, -0.1) is 18.2 Å². The summed E-state index contributed by atoms with van der Waals surface area (Å²) in [5, 5.41) is 11.6. The van der Waals surface area contributed by atoms with Crippen LogP contribution in [-0.4, -0.2) is 45.7 Å². The number of carbonyl (C=O) groups is 2. The Morgan fingerprint density at radius 1 is 1.71 bits per heavy atom. The number of carboxylic acid groups (broad SMARTS) is 1. The van der Waals surface area contributed by atoms with Crippen molar-refractivity contribution in [3.8, 4) is 12.3 Å². The van der Waals surface area contributed by atoms with E-state index in [4.69, 9.17) is 11.5 Å². The highest BCUT2D eigenvalue weighted by atomic mass is 32.2. The first kappa shape index (κ1) is 13.7. The second-order valence-corrected chi connectivity index (χ2v) is 4.78. The van der Waals surface area contributed by atoms with Crippen LogP contribution in [0.1, 0.15) is 19.8 Å². The van der Waals surface area contributed by atoms with E-state index < -0.39 is 12.0 Å². The summed E-state index contributed by atoms with van der Waals surface area (Å²) in [6.45, 7) is 1.97. The van der Waals surface area contributed by atoms with Crippen LogP contribution in [0.4, 0.5) is 4.79 Å². The molecule has 0 spiro atoms. The summed E-state index contributed by atoms with van der Waals surface area (Å²) in [7, 11) is 0. The SMILES string of the molecule is C#CC(CCC)NC(=O)N1CSCC1C(=O)O. The van der Waals surface area contributed by atoms with E-state index in [1.807, 2.05) is 6.92 Å². The third-order valence-corrected chi connectivity index (χ3v) is 3.52. The third-order valence-electron chi connectivity index (χ3n) is 2.50. The molecule has 6 heteroatoms. The lowest BCUT2D eigenvalue weighted by Gasteiger charge is -2.23. The molecule has 0 aromatic rings. The molecule has 2 atom stereocenters. The predicted octanol–water partition coefficient (Wildman–Crippen LogP) is 0.957. The Hall–Kier alpha value is -1.35. The van der Waals surface area contributed by atoms with Crippen molar-refractivity contribution in [2.24, 2.45) is 0 Å². The molecule has 0 bridgehead atoms. The zero-order chi connectivity index (χ0) is 12.8. The predicted molar refractivity (Wildman–Crippen MR) is 66.6 cm³/mol. The Morgan fingerprint density at radius 2 is 2.41 bits per heavy atom. The van der Waals surface area contributed by atoms with Crippen molar-refractivity contribution in [2.45, 2.75) is 31.8 Å². The molecule has 0 aliphatic carbocycles. The molecule has 5 nitrogen and oxygen atoms in total. The van der Waals surface area contributed by atoms with Gasteiger partial charge in [-0.1, -0.05) is 19.3 Å². The fourth-order valence-electron chi connectivity index (χ4n) is 1.57. The molecule has 0 aromatic heterocycles. The maximum absolute atomic E-state index is 11.8. The average Bonchev–Trinajstić information content (AvgIpc) is 2.77. The summed E-state index contributed by atoms with van der Waals surface area (Å²) in [4.78, 5) is 24.1. The van der Waals surface area contributed by atoms with Crippen molar-refractivity contribution >= 4 is 23.8 Å². The molecule has 94 valence electrons. The van der Waals surface area contributed by atoms with Crippen molar-refractivity contribution in [3.63, 3.8) is 0 Å². The maximum atomic E-state index is 11.8. The van der Waals surface area contributed by atoms with E-state index in [2.05, 4.69) is 11.2 Å². The number of terminal acetylenes is 1. The van der Waals surface area contributed by atoms with E-state index in [9.17, 15) is 9.59 Å². The van der Waals surface area contributed by atoms with Gasteiger partial charge >= 0.3 is 12.0 Å². The van der Waals surface area contributed by atoms with E-state index in [1.54, 1.807) is 0 Å². The van der Waals surface area contributed by atoms with Gasteiger partial charge in [0.1, 0.15) is 6.04 Å². The van der Waals surface area contributed by atoms with E-state index in [1.165, 1.54) is 16.7 Å². The summed E-state index contributed by atoms with van der Waals surface area (Å²) in [6, 6.07) is -1.47. The molecule has 2 N–H and O–H groups in total. The van der Waals surface area contributed by atoms with Gasteiger partial charge < -0.3 is 15.3 Å². The first-order chi connectivity index (χ1) is 8.10. The smallest absolute Gasteiger partial charge is 0.327 e. The van der Waals surface area contributed by atoms with Crippen LogP contribution in [0.3, 0.4) is 0 Å². The second kappa shape index (κ2) is 6.40. The van der Waals surface area contributed by atoms with Crippen molar-refractivity contribution < 1.29 is 14.7 Å². The number of hydrogen-bond donors (Lipinski definition) is 2. The number of nitrogens with one attached hydrogen (secondary N) is 1. The molecule has 17 heavy (non-hydrogen) atoms. The number of carboxylic acids is 1. The molecule has 2 unspecified atom stereocenters. The Labute approximate surface area is 105 Å². The molecule has 1 aliphatic heterocycles. The van der Waals surface area contributed by atoms with Crippen molar-refractivity contribution in [1.82, 2.24) is 10.2 Å². The number of rotatable bonds is 4. The molecular formula is C11H16N2O3S. The molecule has 1 rings (SSSR count). The highest BCUT2D eigenvalue weighted by Gasteiger charge is 2.34. The lowest BCUT2D eigenvalue weighted by atomic mass is 10.2. The summed E-state index contributed by atoms with van der Waals surface area (Å²) in [6.07, 6.45) is 6.86. The topological polar surface area (TPSA) is 69.6 Å². The quantitative estimate of drug-likeness (QED) is 0.735. The summed E-state index contributed by atoms with van der Waals surface area (Å²) in [5.74, 6) is 2.34. The van der Waals surface area contributed by atoms with Crippen LogP contribution in [0, 0.1) is 12.3 Å². The molecule has 0 radical (unpaired) electrons. The Kier molecular flexibility index (Phi) is 5.16. The molecular weight excluding hydrogens is 240 g/mol. The number of urea groups is 1. The lowest BCUT2D eigenvalue weighted by Crippen LogP contribution is -2.49. The van der Waals surface area contributed by atoms with Gasteiger partial charge in [0.2, 0.25) is 0 Å². The summed E-state index contributed by atoms with van der Waals surface area (Å²) < 4.78 is 0. The van der Waals surface area contributed by atoms with Gasteiger partial charge in [-0.3, -0.25) is 0 Å². The van der Waals surface area contributed by atoms with Gasteiger partial charge in [0.25, 0.3) is 0 Å². The summed E-state index contributed by atoms with van der Waals surface area (Å²) >= 11 is 1.43. The standard InChI is InChI=1S/C11H16N2O3S/c1-3-5-8(4-2)12-11(16)13-7-17-6-9(13)10(14)15/h2,8-9H,3,5-7H2,1H3,(H,12,16)(H,14,15). The fourth-order valence-corrected chi connectivity index (χ4v) is 2.71. The number of aliphatic carboxylic acids is 1. The summed E-state index contributed by atoms with van der Waals surface area (Å²) in [5.41, 5.74) is 0. The first-order valence-electron chi connectivity index (χ1n) is 5.44. The van der Waals surface area contributed by atoms with Gasteiger partial charge in [-0.2, -0.15) is 0 Å². The van der Waals surface area contributed by atoms with Crippen molar-refractivity contribution in [1.29, 1.82) is 0 Å². The minimum atomic E-state index is -0.974. The maximum Gasteiger partial charge on any atom is 0.327 e. The number of nitrogens with zero attached hydrogens (tertiary/aromatic N) is 1. The molecule has 1 aliphatic rings. The van der Waals surface area contributed by atoms with Crippen LogP contribution in [0.2, 0.25) is 0 Å². The molecule has 2 amide bonds. The van der Waals surface area contributed by atoms with E-state index in [-0.39, 0.29) is 12.1 Å². The van der Waals surface area contributed by atoms with Gasteiger partial charge in [0.05, 0.1) is 11.9 Å². The van der Waals surface area contributed by atoms with Crippen LogP contribution >= 0.6 is 11.8 Å². The largest absolute Gasteiger partial charge is 0.480 e. The van der Waals surface area contributed by atoms with Crippen molar-refractivity contribution in [3.05, 3.63) is 0 Å². The van der Waals surface area contributed by atoms with E-state index in [0.29, 0.717) is 18.1 Å². The highest BCUT2D eigenvalue weighted by Crippen LogP contribution is 2.21. The molecule has 1 saturated heterocycles. The second-order valence-electron chi connectivity index (χ2n) is 3.78. The molecule has 1 fully saturated rings. The minimum Gasteiger partial charge on any atom is -0.480 e. The van der Waals surface area contributed by atoms with Crippen LogP contribution in [0.15, 0.2) is 0 Å². The van der Waals surface area contributed by atoms with Gasteiger partial charge in [0.15, 0.2) is 0 Å². The first-order valence-corrected chi connectivity index (χ1v) is 6.59. The number of thioether (sulfide) groups is 1.